The molecule has 0 aliphatic carbocycles. The molecule has 1 aliphatic heterocycles. The van der Waals surface area contributed by atoms with Gasteiger partial charge in [0.15, 0.2) is 5.96 Å². The van der Waals surface area contributed by atoms with Gasteiger partial charge in [-0.15, -0.1) is 0 Å². The highest BCUT2D eigenvalue weighted by atomic mass is 35.5. The lowest BCUT2D eigenvalue weighted by molar-refractivity contribution is 0.178. The summed E-state index contributed by atoms with van der Waals surface area (Å²) in [7, 11) is 1.88. The van der Waals surface area contributed by atoms with Gasteiger partial charge in [-0.3, -0.25) is 9.58 Å². The fraction of sp³-hybridized carbons (Fsp3) is 0.550. The van der Waals surface area contributed by atoms with Gasteiger partial charge < -0.3 is 10.6 Å². The lowest BCUT2D eigenvalue weighted by Gasteiger charge is -2.32. The van der Waals surface area contributed by atoms with Crippen molar-refractivity contribution in [3.8, 4) is 0 Å². The maximum Gasteiger partial charge on any atom is 0.191 e. The third-order valence-electron chi connectivity index (χ3n) is 5.15. The van der Waals surface area contributed by atoms with Crippen molar-refractivity contribution in [1.29, 1.82) is 0 Å². The summed E-state index contributed by atoms with van der Waals surface area (Å²) in [5.74, 6) is 2.34. The van der Waals surface area contributed by atoms with Crippen LogP contribution in [0.4, 0.5) is 0 Å². The van der Waals surface area contributed by atoms with Gasteiger partial charge in [0.05, 0.1) is 0 Å². The number of nitrogens with zero attached hydrogens (tertiary/aromatic N) is 5. The second-order valence-corrected chi connectivity index (χ2v) is 7.59. The Kier molecular flexibility index (Phi) is 7.68. The molecule has 3 rings (SSSR count). The molecule has 1 fully saturated rings. The molecule has 0 saturated carbocycles. The SMILES string of the molecule is CCNC(=NCc1ncnn1C)NCC1CCN(Cc2ccccc2Cl)CC1. The van der Waals surface area contributed by atoms with Crippen molar-refractivity contribution < 1.29 is 0 Å². The number of piperidine rings is 1. The van der Waals surface area contributed by atoms with Gasteiger partial charge in [0.2, 0.25) is 0 Å². The molecule has 1 aromatic heterocycles. The van der Waals surface area contributed by atoms with Crippen molar-refractivity contribution in [1.82, 2.24) is 30.3 Å². The number of likely N-dealkylation sites (tertiary alicyclic amines) is 1. The average Bonchev–Trinajstić information content (AvgIpc) is 3.12. The molecular formula is C20H30ClN7. The van der Waals surface area contributed by atoms with E-state index in [1.165, 1.54) is 18.4 Å². The molecule has 1 saturated heterocycles. The maximum atomic E-state index is 6.30. The van der Waals surface area contributed by atoms with E-state index in [0.717, 1.165) is 49.5 Å². The maximum absolute atomic E-state index is 6.30. The normalized spacial score (nSPS) is 16.3. The van der Waals surface area contributed by atoms with Crippen LogP contribution in [-0.4, -0.2) is 51.8 Å². The van der Waals surface area contributed by atoms with Crippen LogP contribution >= 0.6 is 11.6 Å². The first kappa shape index (κ1) is 20.6. The van der Waals surface area contributed by atoms with Crippen LogP contribution in [0.3, 0.4) is 0 Å². The van der Waals surface area contributed by atoms with Gasteiger partial charge in [-0.25, -0.2) is 9.98 Å². The molecule has 0 spiro atoms. The third-order valence-corrected chi connectivity index (χ3v) is 5.51. The molecule has 2 heterocycles. The van der Waals surface area contributed by atoms with Gasteiger partial charge in [0.25, 0.3) is 0 Å². The summed E-state index contributed by atoms with van der Waals surface area (Å²) in [6.07, 6.45) is 3.92. The van der Waals surface area contributed by atoms with E-state index in [9.17, 15) is 0 Å². The Morgan fingerprint density at radius 3 is 2.71 bits per heavy atom. The van der Waals surface area contributed by atoms with E-state index in [0.29, 0.717) is 12.5 Å². The van der Waals surface area contributed by atoms with Crippen molar-refractivity contribution >= 4 is 17.6 Å². The number of rotatable bonds is 7. The fourth-order valence-corrected chi connectivity index (χ4v) is 3.61. The van der Waals surface area contributed by atoms with E-state index in [-0.39, 0.29) is 0 Å². The number of benzene rings is 1. The van der Waals surface area contributed by atoms with Gasteiger partial charge in [-0.1, -0.05) is 29.8 Å². The molecule has 28 heavy (non-hydrogen) atoms. The number of hydrogen-bond donors (Lipinski definition) is 2. The highest BCUT2D eigenvalue weighted by Crippen LogP contribution is 2.21. The molecule has 1 aliphatic rings. The highest BCUT2D eigenvalue weighted by molar-refractivity contribution is 6.31. The van der Waals surface area contributed by atoms with Crippen molar-refractivity contribution in [2.75, 3.05) is 26.2 Å². The largest absolute Gasteiger partial charge is 0.357 e. The zero-order chi connectivity index (χ0) is 19.8. The van der Waals surface area contributed by atoms with Gasteiger partial charge in [0.1, 0.15) is 18.7 Å². The first-order chi connectivity index (χ1) is 13.7. The second-order valence-electron chi connectivity index (χ2n) is 7.19. The van der Waals surface area contributed by atoms with Crippen LogP contribution in [0.25, 0.3) is 0 Å². The Morgan fingerprint density at radius 1 is 1.25 bits per heavy atom. The van der Waals surface area contributed by atoms with E-state index in [1.807, 2.05) is 19.2 Å². The number of hydrogen-bond acceptors (Lipinski definition) is 4. The highest BCUT2D eigenvalue weighted by Gasteiger charge is 2.20. The zero-order valence-electron chi connectivity index (χ0n) is 16.7. The first-order valence-electron chi connectivity index (χ1n) is 9.96. The minimum Gasteiger partial charge on any atom is -0.357 e. The van der Waals surface area contributed by atoms with Gasteiger partial charge in [-0.05, 0) is 50.4 Å². The molecule has 2 aromatic rings. The summed E-state index contributed by atoms with van der Waals surface area (Å²) in [5, 5.41) is 11.7. The van der Waals surface area contributed by atoms with E-state index >= 15 is 0 Å². The molecular weight excluding hydrogens is 374 g/mol. The van der Waals surface area contributed by atoms with Crippen LogP contribution in [0.2, 0.25) is 5.02 Å². The molecule has 1 aromatic carbocycles. The minimum atomic E-state index is 0.516. The topological polar surface area (TPSA) is 70.4 Å². The Labute approximate surface area is 172 Å². The third kappa shape index (κ3) is 5.94. The average molecular weight is 404 g/mol. The van der Waals surface area contributed by atoms with Crippen molar-refractivity contribution in [3.63, 3.8) is 0 Å². The molecule has 2 N–H and O–H groups in total. The summed E-state index contributed by atoms with van der Waals surface area (Å²) in [6.45, 7) is 7.50. The molecule has 0 amide bonds. The Balaban J connectivity index is 1.44. The Hall–Kier alpha value is -2.12. The molecule has 7 nitrogen and oxygen atoms in total. The zero-order valence-corrected chi connectivity index (χ0v) is 17.5. The lowest BCUT2D eigenvalue weighted by atomic mass is 9.96. The monoisotopic (exact) mass is 403 g/mol. The molecule has 0 unspecified atom stereocenters. The van der Waals surface area contributed by atoms with Crippen LogP contribution in [0, 0.1) is 5.92 Å². The standard InChI is InChI=1S/C20H30ClN7/c1-3-22-20(24-13-19-25-15-26-27(19)2)23-12-16-8-10-28(11-9-16)14-17-6-4-5-7-18(17)21/h4-7,15-16H,3,8-14H2,1-2H3,(H2,22,23,24). The van der Waals surface area contributed by atoms with Crippen molar-refractivity contribution in [2.45, 2.75) is 32.9 Å². The number of guanidine groups is 1. The Bertz CT molecular complexity index is 765. The van der Waals surface area contributed by atoms with Crippen LogP contribution in [0.1, 0.15) is 31.2 Å². The summed E-state index contributed by atoms with van der Waals surface area (Å²) >= 11 is 6.30. The quantitative estimate of drug-likeness (QED) is 0.549. The van der Waals surface area contributed by atoms with Crippen LogP contribution < -0.4 is 10.6 Å². The molecule has 152 valence electrons. The summed E-state index contributed by atoms with van der Waals surface area (Å²) in [6, 6.07) is 8.13. The van der Waals surface area contributed by atoms with Gasteiger partial charge >= 0.3 is 0 Å². The summed E-state index contributed by atoms with van der Waals surface area (Å²) in [5.41, 5.74) is 1.21. The number of halogens is 1. The van der Waals surface area contributed by atoms with Gasteiger partial charge in [0, 0.05) is 31.7 Å². The molecule has 0 radical (unpaired) electrons. The van der Waals surface area contributed by atoms with Crippen LogP contribution in [-0.2, 0) is 20.1 Å². The number of aliphatic imine (C=N–C) groups is 1. The van der Waals surface area contributed by atoms with Crippen LogP contribution in [0.5, 0.6) is 0 Å². The minimum absolute atomic E-state index is 0.516. The lowest BCUT2D eigenvalue weighted by Crippen LogP contribution is -2.42. The number of aryl methyl sites for hydroxylation is 1. The predicted octanol–water partition coefficient (Wildman–Crippen LogP) is 2.44. The van der Waals surface area contributed by atoms with Gasteiger partial charge in [-0.2, -0.15) is 5.10 Å². The summed E-state index contributed by atoms with van der Waals surface area (Å²) < 4.78 is 1.75. The van der Waals surface area contributed by atoms with Crippen molar-refractivity contribution in [3.05, 3.63) is 47.0 Å². The van der Waals surface area contributed by atoms with E-state index < -0.39 is 0 Å². The van der Waals surface area contributed by atoms with Crippen molar-refractivity contribution in [2.24, 2.45) is 18.0 Å². The number of aromatic nitrogens is 3. The van der Waals surface area contributed by atoms with E-state index in [2.05, 4.69) is 49.7 Å². The smallest absolute Gasteiger partial charge is 0.191 e. The van der Waals surface area contributed by atoms with E-state index in [4.69, 9.17) is 11.6 Å². The molecule has 0 atom stereocenters. The predicted molar refractivity (Wildman–Crippen MR) is 113 cm³/mol. The number of nitrogens with one attached hydrogen (secondary N) is 2. The molecule has 8 heteroatoms. The fourth-order valence-electron chi connectivity index (χ4n) is 3.41. The second kappa shape index (κ2) is 10.4. The summed E-state index contributed by atoms with van der Waals surface area (Å²) in [4.78, 5) is 11.3. The molecule has 0 bridgehead atoms. The Morgan fingerprint density at radius 2 is 2.04 bits per heavy atom. The van der Waals surface area contributed by atoms with E-state index in [1.54, 1.807) is 11.0 Å². The van der Waals surface area contributed by atoms with Crippen LogP contribution in [0.15, 0.2) is 35.6 Å². The first-order valence-corrected chi connectivity index (χ1v) is 10.3.